The molecule has 0 aliphatic heterocycles. The van der Waals surface area contributed by atoms with Gasteiger partial charge in [-0.15, -0.1) is 0 Å². The van der Waals surface area contributed by atoms with Crippen molar-refractivity contribution in [1.29, 1.82) is 0 Å². The average Bonchev–Trinajstić information content (AvgIpc) is 1.68. The van der Waals surface area contributed by atoms with Crippen LogP contribution in [0.25, 0.3) is 0 Å². The third-order valence-electron chi connectivity index (χ3n) is 0.868. The van der Waals surface area contributed by atoms with Gasteiger partial charge in [0.15, 0.2) is 0 Å². The van der Waals surface area contributed by atoms with E-state index in [0.29, 0.717) is 6.54 Å². The van der Waals surface area contributed by atoms with Crippen LogP contribution in [0.3, 0.4) is 0 Å². The first-order valence-electron chi connectivity index (χ1n) is 2.81. The van der Waals surface area contributed by atoms with Crippen LogP contribution in [0.5, 0.6) is 0 Å². The minimum atomic E-state index is 0.698. The summed E-state index contributed by atoms with van der Waals surface area (Å²) in [6, 6.07) is 0. The van der Waals surface area contributed by atoms with Crippen molar-refractivity contribution in [1.82, 2.24) is 0 Å². The van der Waals surface area contributed by atoms with Crippen molar-refractivity contribution in [3.63, 3.8) is 0 Å². The van der Waals surface area contributed by atoms with Crippen LogP contribution in [0, 0.1) is 0 Å². The predicted octanol–water partition coefficient (Wildman–Crippen LogP) is 1.47. The molecule has 0 aliphatic carbocycles. The molecule has 0 unspecified atom stereocenters. The highest BCUT2D eigenvalue weighted by molar-refractivity contribution is 5.13. The Bertz CT molecular complexity index is 92.6. The molecule has 0 atom stereocenters. The van der Waals surface area contributed by atoms with Crippen molar-refractivity contribution in [2.75, 3.05) is 6.54 Å². The first kappa shape index (κ1) is 7.44. The van der Waals surface area contributed by atoms with Crippen molar-refractivity contribution < 1.29 is 0 Å². The second kappa shape index (κ2) is 4.60. The standard InChI is InChI=1S/C7H13N/c1-3-4-7(2)5-6-8/h3-4H,2,5-6,8H2,1H3/b4-3+. The van der Waals surface area contributed by atoms with E-state index in [1.807, 2.05) is 19.1 Å². The molecule has 0 amide bonds. The molecule has 0 aromatic rings. The van der Waals surface area contributed by atoms with Gasteiger partial charge in [0, 0.05) is 0 Å². The summed E-state index contributed by atoms with van der Waals surface area (Å²) < 4.78 is 0. The van der Waals surface area contributed by atoms with E-state index in [4.69, 9.17) is 5.73 Å². The Hall–Kier alpha value is -0.560. The van der Waals surface area contributed by atoms with Crippen molar-refractivity contribution in [2.45, 2.75) is 13.3 Å². The lowest BCUT2D eigenvalue weighted by molar-refractivity contribution is 0.977. The van der Waals surface area contributed by atoms with Crippen LogP contribution in [0.4, 0.5) is 0 Å². The molecule has 0 rings (SSSR count). The smallest absolute Gasteiger partial charge is 0.00369 e. The molecule has 8 heavy (non-hydrogen) atoms. The van der Waals surface area contributed by atoms with Crippen LogP contribution in [0.1, 0.15) is 13.3 Å². The summed E-state index contributed by atoms with van der Waals surface area (Å²) in [6.45, 7) is 6.44. The fraction of sp³-hybridized carbons (Fsp3) is 0.429. The number of rotatable bonds is 3. The summed E-state index contributed by atoms with van der Waals surface area (Å²) in [7, 11) is 0. The van der Waals surface area contributed by atoms with Gasteiger partial charge in [0.25, 0.3) is 0 Å². The third kappa shape index (κ3) is 3.62. The van der Waals surface area contributed by atoms with Gasteiger partial charge in [-0.25, -0.2) is 0 Å². The van der Waals surface area contributed by atoms with Gasteiger partial charge in [-0.1, -0.05) is 24.3 Å². The summed E-state index contributed by atoms with van der Waals surface area (Å²) in [5, 5.41) is 0. The molecule has 0 fully saturated rings. The van der Waals surface area contributed by atoms with E-state index in [0.717, 1.165) is 12.0 Å². The number of hydrogen-bond acceptors (Lipinski definition) is 1. The lowest BCUT2D eigenvalue weighted by Gasteiger charge is -1.91. The van der Waals surface area contributed by atoms with Gasteiger partial charge in [0.2, 0.25) is 0 Å². The molecule has 0 spiro atoms. The van der Waals surface area contributed by atoms with Crippen molar-refractivity contribution >= 4 is 0 Å². The van der Waals surface area contributed by atoms with Crippen LogP contribution in [-0.4, -0.2) is 6.54 Å². The van der Waals surface area contributed by atoms with E-state index in [-0.39, 0.29) is 0 Å². The normalized spacial score (nSPS) is 10.2. The van der Waals surface area contributed by atoms with E-state index in [2.05, 4.69) is 6.58 Å². The van der Waals surface area contributed by atoms with Crippen molar-refractivity contribution in [3.8, 4) is 0 Å². The average molecular weight is 111 g/mol. The molecule has 0 radical (unpaired) electrons. The van der Waals surface area contributed by atoms with E-state index >= 15 is 0 Å². The first-order valence-corrected chi connectivity index (χ1v) is 2.81. The molecule has 1 heteroatoms. The number of hydrogen-bond donors (Lipinski definition) is 1. The number of nitrogens with two attached hydrogens (primary N) is 1. The highest BCUT2D eigenvalue weighted by Crippen LogP contribution is 1.95. The monoisotopic (exact) mass is 111 g/mol. The highest BCUT2D eigenvalue weighted by Gasteiger charge is 1.81. The van der Waals surface area contributed by atoms with Crippen LogP contribution < -0.4 is 5.73 Å². The Morgan fingerprint density at radius 3 is 2.75 bits per heavy atom. The zero-order chi connectivity index (χ0) is 6.41. The summed E-state index contributed by atoms with van der Waals surface area (Å²) in [5.74, 6) is 0. The quantitative estimate of drug-likeness (QED) is 0.548. The Labute approximate surface area is 50.9 Å². The largest absolute Gasteiger partial charge is 0.330 e. The van der Waals surface area contributed by atoms with Crippen molar-refractivity contribution in [2.24, 2.45) is 5.73 Å². The maximum Gasteiger partial charge on any atom is -0.00369 e. The number of allylic oxidation sites excluding steroid dienone is 2. The second-order valence-electron chi connectivity index (χ2n) is 1.70. The zero-order valence-electron chi connectivity index (χ0n) is 5.35. The van der Waals surface area contributed by atoms with E-state index in [1.54, 1.807) is 0 Å². The molecule has 46 valence electrons. The Morgan fingerprint density at radius 2 is 2.38 bits per heavy atom. The predicted molar refractivity (Wildman–Crippen MR) is 37.6 cm³/mol. The Morgan fingerprint density at radius 1 is 1.75 bits per heavy atom. The van der Waals surface area contributed by atoms with Gasteiger partial charge in [0.1, 0.15) is 0 Å². The Kier molecular flexibility index (Phi) is 4.27. The van der Waals surface area contributed by atoms with Gasteiger partial charge in [0.05, 0.1) is 0 Å². The lowest BCUT2D eigenvalue weighted by atomic mass is 10.2. The van der Waals surface area contributed by atoms with Gasteiger partial charge in [-0.05, 0) is 19.9 Å². The summed E-state index contributed by atoms with van der Waals surface area (Å²) in [4.78, 5) is 0. The second-order valence-corrected chi connectivity index (χ2v) is 1.70. The highest BCUT2D eigenvalue weighted by atomic mass is 14.5. The minimum absolute atomic E-state index is 0.698. The summed E-state index contributed by atoms with van der Waals surface area (Å²) >= 11 is 0. The first-order chi connectivity index (χ1) is 3.81. The fourth-order valence-electron chi connectivity index (χ4n) is 0.504. The van der Waals surface area contributed by atoms with Gasteiger partial charge in [-0.2, -0.15) is 0 Å². The van der Waals surface area contributed by atoms with E-state index in [9.17, 15) is 0 Å². The molecule has 0 saturated heterocycles. The summed E-state index contributed by atoms with van der Waals surface area (Å²) in [6.07, 6.45) is 4.86. The van der Waals surface area contributed by atoms with E-state index in [1.165, 1.54) is 0 Å². The molecule has 0 bridgehead atoms. The SMILES string of the molecule is C=C(/C=C/C)CCN. The minimum Gasteiger partial charge on any atom is -0.330 e. The zero-order valence-corrected chi connectivity index (χ0v) is 5.35. The molecule has 0 aromatic carbocycles. The van der Waals surface area contributed by atoms with Crippen LogP contribution in [-0.2, 0) is 0 Å². The molecule has 0 aromatic heterocycles. The molecule has 0 aliphatic rings. The van der Waals surface area contributed by atoms with Crippen molar-refractivity contribution in [3.05, 3.63) is 24.3 Å². The molecular formula is C7H13N. The topological polar surface area (TPSA) is 26.0 Å². The molecule has 1 nitrogen and oxygen atoms in total. The maximum absolute atomic E-state index is 5.26. The van der Waals surface area contributed by atoms with Gasteiger partial charge in [-0.3, -0.25) is 0 Å². The van der Waals surface area contributed by atoms with Crippen LogP contribution in [0.2, 0.25) is 0 Å². The summed E-state index contributed by atoms with van der Waals surface area (Å²) in [5.41, 5.74) is 6.37. The van der Waals surface area contributed by atoms with Crippen LogP contribution in [0.15, 0.2) is 24.3 Å². The lowest BCUT2D eigenvalue weighted by Crippen LogP contribution is -1.97. The molecule has 2 N–H and O–H groups in total. The molecule has 0 heterocycles. The van der Waals surface area contributed by atoms with Crippen LogP contribution >= 0.6 is 0 Å². The molecular weight excluding hydrogens is 98.1 g/mol. The fourth-order valence-corrected chi connectivity index (χ4v) is 0.504. The maximum atomic E-state index is 5.26. The third-order valence-corrected chi connectivity index (χ3v) is 0.868. The van der Waals surface area contributed by atoms with Gasteiger partial charge < -0.3 is 5.73 Å². The van der Waals surface area contributed by atoms with Gasteiger partial charge >= 0.3 is 0 Å². The molecule has 0 saturated carbocycles. The Balaban J connectivity index is 3.33. The van der Waals surface area contributed by atoms with E-state index < -0.39 is 0 Å².